The van der Waals surface area contributed by atoms with Gasteiger partial charge in [0, 0.05) is 18.8 Å². The van der Waals surface area contributed by atoms with Gasteiger partial charge in [-0.3, -0.25) is 0 Å². The van der Waals surface area contributed by atoms with Crippen LogP contribution >= 0.6 is 11.8 Å². The van der Waals surface area contributed by atoms with Crippen molar-refractivity contribution in [3.63, 3.8) is 0 Å². The maximum Gasteiger partial charge on any atom is 0.191 e. The normalized spacial score (nSPS) is 12.9. The molecule has 0 aliphatic heterocycles. The molecule has 1 unspecified atom stereocenters. The first-order chi connectivity index (χ1) is 8.72. The molecule has 1 aromatic rings. The molecule has 0 aliphatic rings. The molecule has 2 N–H and O–H groups in total. The van der Waals surface area contributed by atoms with E-state index in [1.807, 2.05) is 18.7 Å². The lowest BCUT2D eigenvalue weighted by atomic mass is 10.0. The molecule has 1 atom stereocenters. The van der Waals surface area contributed by atoms with E-state index in [4.69, 9.17) is 5.73 Å². The first-order valence-electron chi connectivity index (χ1n) is 6.95. The van der Waals surface area contributed by atoms with Crippen LogP contribution in [-0.4, -0.2) is 27.1 Å². The van der Waals surface area contributed by atoms with Crippen molar-refractivity contribution in [3.8, 4) is 0 Å². The summed E-state index contributed by atoms with van der Waals surface area (Å²) in [7, 11) is 0. The molecule has 1 rings (SSSR count). The van der Waals surface area contributed by atoms with Crippen LogP contribution in [0.25, 0.3) is 0 Å². The molecule has 1 heterocycles. The van der Waals surface area contributed by atoms with Crippen LogP contribution in [0.4, 0.5) is 0 Å². The lowest BCUT2D eigenvalue weighted by Crippen LogP contribution is -2.12. The van der Waals surface area contributed by atoms with Gasteiger partial charge < -0.3 is 10.3 Å². The number of aromatic nitrogens is 3. The number of rotatable bonds is 9. The predicted molar refractivity (Wildman–Crippen MR) is 77.8 cm³/mol. The highest BCUT2D eigenvalue weighted by Crippen LogP contribution is 2.24. The van der Waals surface area contributed by atoms with E-state index in [0.717, 1.165) is 29.2 Å². The molecule has 104 valence electrons. The second kappa shape index (κ2) is 8.53. The van der Waals surface area contributed by atoms with Crippen LogP contribution in [0.3, 0.4) is 0 Å². The van der Waals surface area contributed by atoms with Crippen LogP contribution in [0.15, 0.2) is 5.16 Å². The van der Waals surface area contributed by atoms with Crippen LogP contribution in [0, 0.1) is 12.8 Å². The lowest BCUT2D eigenvalue weighted by molar-refractivity contribution is 0.498. The Kier molecular flexibility index (Phi) is 7.35. The number of nitrogens with zero attached hydrogens (tertiary/aromatic N) is 3. The maximum absolute atomic E-state index is 5.62. The second-order valence-electron chi connectivity index (χ2n) is 4.70. The zero-order chi connectivity index (χ0) is 13.4. The van der Waals surface area contributed by atoms with E-state index in [1.54, 1.807) is 0 Å². The fraction of sp³-hybridized carbons (Fsp3) is 0.846. The van der Waals surface area contributed by atoms with Gasteiger partial charge in [0.2, 0.25) is 0 Å². The molecule has 18 heavy (non-hydrogen) atoms. The van der Waals surface area contributed by atoms with Crippen molar-refractivity contribution in [2.75, 3.05) is 12.3 Å². The minimum atomic E-state index is 0.638. The van der Waals surface area contributed by atoms with Crippen molar-refractivity contribution in [1.29, 1.82) is 0 Å². The van der Waals surface area contributed by atoms with Crippen molar-refractivity contribution in [2.45, 2.75) is 58.2 Å². The fourth-order valence-electron chi connectivity index (χ4n) is 1.95. The summed E-state index contributed by atoms with van der Waals surface area (Å²) in [6.07, 6.45) is 5.18. The quantitative estimate of drug-likeness (QED) is 0.701. The van der Waals surface area contributed by atoms with Crippen LogP contribution < -0.4 is 5.73 Å². The van der Waals surface area contributed by atoms with Crippen molar-refractivity contribution in [2.24, 2.45) is 11.7 Å². The molecule has 0 aliphatic carbocycles. The average molecular weight is 270 g/mol. The van der Waals surface area contributed by atoms with Gasteiger partial charge >= 0.3 is 0 Å². The minimum Gasteiger partial charge on any atom is -0.329 e. The Morgan fingerprint density at radius 2 is 2.11 bits per heavy atom. The molecule has 4 nitrogen and oxygen atoms in total. The number of hydrogen-bond acceptors (Lipinski definition) is 4. The van der Waals surface area contributed by atoms with Gasteiger partial charge in [-0.1, -0.05) is 44.9 Å². The van der Waals surface area contributed by atoms with Crippen molar-refractivity contribution >= 4 is 11.8 Å². The molecule has 1 aromatic heterocycles. The van der Waals surface area contributed by atoms with Gasteiger partial charge in [0.15, 0.2) is 5.16 Å². The summed E-state index contributed by atoms with van der Waals surface area (Å²) in [6, 6.07) is 0. The van der Waals surface area contributed by atoms with E-state index in [2.05, 4.69) is 28.6 Å². The highest BCUT2D eigenvalue weighted by Gasteiger charge is 2.12. The molecule has 0 aromatic carbocycles. The van der Waals surface area contributed by atoms with Crippen LogP contribution in [0.5, 0.6) is 0 Å². The SMILES string of the molecule is CCCCC(CC)CSc1nnc(C)n1CCN. The maximum atomic E-state index is 5.62. The second-order valence-corrected chi connectivity index (χ2v) is 5.68. The van der Waals surface area contributed by atoms with E-state index in [-0.39, 0.29) is 0 Å². The summed E-state index contributed by atoms with van der Waals surface area (Å²) in [5, 5.41) is 9.40. The Bertz CT molecular complexity index is 338. The molecule has 0 amide bonds. The zero-order valence-corrected chi connectivity index (χ0v) is 12.7. The molecule has 0 spiro atoms. The summed E-state index contributed by atoms with van der Waals surface area (Å²) in [5.41, 5.74) is 5.62. The summed E-state index contributed by atoms with van der Waals surface area (Å²) in [6.45, 7) is 7.96. The van der Waals surface area contributed by atoms with Crippen molar-refractivity contribution in [1.82, 2.24) is 14.8 Å². The van der Waals surface area contributed by atoms with Gasteiger partial charge in [-0.2, -0.15) is 0 Å². The van der Waals surface area contributed by atoms with Crippen LogP contribution in [0.1, 0.15) is 45.4 Å². The highest BCUT2D eigenvalue weighted by atomic mass is 32.2. The van der Waals surface area contributed by atoms with E-state index >= 15 is 0 Å². The number of nitrogens with two attached hydrogens (primary N) is 1. The number of thioether (sulfide) groups is 1. The summed E-state index contributed by atoms with van der Waals surface area (Å²) in [4.78, 5) is 0. The highest BCUT2D eigenvalue weighted by molar-refractivity contribution is 7.99. The third-order valence-corrected chi connectivity index (χ3v) is 4.44. The lowest BCUT2D eigenvalue weighted by Gasteiger charge is -2.14. The Labute approximate surface area is 115 Å². The largest absolute Gasteiger partial charge is 0.329 e. The summed E-state index contributed by atoms with van der Waals surface area (Å²) < 4.78 is 2.12. The predicted octanol–water partition coefficient (Wildman–Crippen LogP) is 2.85. The third kappa shape index (κ3) is 4.61. The molecular formula is C13H26N4S. The van der Waals surface area contributed by atoms with Crippen LogP contribution in [0.2, 0.25) is 0 Å². The smallest absolute Gasteiger partial charge is 0.191 e. The van der Waals surface area contributed by atoms with E-state index < -0.39 is 0 Å². The fourth-order valence-corrected chi connectivity index (χ4v) is 3.21. The first kappa shape index (κ1) is 15.5. The number of unbranched alkanes of at least 4 members (excludes halogenated alkanes) is 1. The molecule has 0 saturated carbocycles. The Hall–Kier alpha value is -0.550. The monoisotopic (exact) mass is 270 g/mol. The van der Waals surface area contributed by atoms with Gasteiger partial charge in [0.1, 0.15) is 5.82 Å². The minimum absolute atomic E-state index is 0.638. The topological polar surface area (TPSA) is 56.7 Å². The van der Waals surface area contributed by atoms with E-state index in [1.165, 1.54) is 25.7 Å². The molecule has 0 saturated heterocycles. The molecule has 0 fully saturated rings. The average Bonchev–Trinajstić information content (AvgIpc) is 2.72. The van der Waals surface area contributed by atoms with Gasteiger partial charge in [-0.25, -0.2) is 0 Å². The summed E-state index contributed by atoms with van der Waals surface area (Å²) in [5.74, 6) is 2.89. The molecular weight excluding hydrogens is 244 g/mol. The Morgan fingerprint density at radius 3 is 2.72 bits per heavy atom. The third-order valence-electron chi connectivity index (χ3n) is 3.25. The van der Waals surface area contributed by atoms with Gasteiger partial charge in [0.25, 0.3) is 0 Å². The van der Waals surface area contributed by atoms with Gasteiger partial charge in [-0.15, -0.1) is 10.2 Å². The Balaban J connectivity index is 2.50. The van der Waals surface area contributed by atoms with Crippen LogP contribution in [-0.2, 0) is 6.54 Å². The zero-order valence-electron chi connectivity index (χ0n) is 11.9. The van der Waals surface area contributed by atoms with Gasteiger partial charge in [-0.05, 0) is 19.3 Å². The first-order valence-corrected chi connectivity index (χ1v) is 7.94. The van der Waals surface area contributed by atoms with Gasteiger partial charge in [0.05, 0.1) is 0 Å². The van der Waals surface area contributed by atoms with E-state index in [0.29, 0.717) is 6.54 Å². The Morgan fingerprint density at radius 1 is 1.33 bits per heavy atom. The molecule has 5 heteroatoms. The standard InChI is InChI=1S/C13H26N4S/c1-4-6-7-12(5-2)10-18-13-16-15-11(3)17(13)9-8-14/h12H,4-10,14H2,1-3H3. The van der Waals surface area contributed by atoms with Crippen molar-refractivity contribution in [3.05, 3.63) is 5.82 Å². The molecule has 0 bridgehead atoms. The number of aryl methyl sites for hydroxylation is 1. The molecule has 0 radical (unpaired) electrons. The number of hydrogen-bond donors (Lipinski definition) is 1. The van der Waals surface area contributed by atoms with Crippen molar-refractivity contribution < 1.29 is 0 Å². The van der Waals surface area contributed by atoms with E-state index in [9.17, 15) is 0 Å². The summed E-state index contributed by atoms with van der Waals surface area (Å²) >= 11 is 1.82.